The molecule has 5 heteroatoms. The van der Waals surface area contributed by atoms with Crippen molar-refractivity contribution in [1.82, 2.24) is 0 Å². The SMILES string of the molecule is COC(=O)c1cccc(CN(C(=O)C#Cc2ccccc2)c2ccc(OC)cc2)c1. The van der Waals surface area contributed by atoms with Gasteiger partial charge >= 0.3 is 11.9 Å². The molecule has 0 saturated carbocycles. The van der Waals surface area contributed by atoms with E-state index in [4.69, 9.17) is 9.47 Å². The normalized spacial score (nSPS) is 9.80. The van der Waals surface area contributed by atoms with Gasteiger partial charge in [0.15, 0.2) is 0 Å². The van der Waals surface area contributed by atoms with Gasteiger partial charge in [0.2, 0.25) is 0 Å². The largest absolute Gasteiger partial charge is 0.497 e. The van der Waals surface area contributed by atoms with E-state index >= 15 is 0 Å². The summed E-state index contributed by atoms with van der Waals surface area (Å²) in [5.74, 6) is 5.52. The van der Waals surface area contributed by atoms with Gasteiger partial charge in [0, 0.05) is 17.2 Å². The van der Waals surface area contributed by atoms with Crippen molar-refractivity contribution in [2.75, 3.05) is 19.1 Å². The van der Waals surface area contributed by atoms with E-state index in [0.29, 0.717) is 17.0 Å². The summed E-state index contributed by atoms with van der Waals surface area (Å²) in [5, 5.41) is 0. The van der Waals surface area contributed by atoms with Gasteiger partial charge in [-0.1, -0.05) is 36.3 Å². The van der Waals surface area contributed by atoms with E-state index in [-0.39, 0.29) is 12.5 Å². The van der Waals surface area contributed by atoms with Crippen LogP contribution in [0.2, 0.25) is 0 Å². The number of amides is 1. The molecule has 0 aliphatic heterocycles. The van der Waals surface area contributed by atoms with Gasteiger partial charge in [-0.2, -0.15) is 0 Å². The summed E-state index contributed by atoms with van der Waals surface area (Å²) in [7, 11) is 2.92. The lowest BCUT2D eigenvalue weighted by molar-refractivity contribution is -0.113. The average Bonchev–Trinajstić information content (AvgIpc) is 2.81. The molecule has 0 saturated heterocycles. The van der Waals surface area contributed by atoms with Crippen molar-refractivity contribution in [3.63, 3.8) is 0 Å². The molecular weight excluding hydrogens is 378 g/mol. The van der Waals surface area contributed by atoms with Crippen molar-refractivity contribution >= 4 is 17.6 Å². The minimum absolute atomic E-state index is 0.249. The third kappa shape index (κ3) is 5.27. The van der Waals surface area contributed by atoms with E-state index in [1.54, 1.807) is 54.5 Å². The zero-order valence-corrected chi connectivity index (χ0v) is 16.8. The average molecular weight is 399 g/mol. The topological polar surface area (TPSA) is 55.8 Å². The lowest BCUT2D eigenvalue weighted by Crippen LogP contribution is -2.29. The molecule has 1 amide bonds. The highest BCUT2D eigenvalue weighted by Crippen LogP contribution is 2.22. The summed E-state index contributed by atoms with van der Waals surface area (Å²) in [6, 6.07) is 23.5. The highest BCUT2D eigenvalue weighted by Gasteiger charge is 2.16. The molecule has 0 atom stereocenters. The first-order chi connectivity index (χ1) is 14.6. The molecule has 0 bridgehead atoms. The van der Waals surface area contributed by atoms with Crippen molar-refractivity contribution in [2.24, 2.45) is 0 Å². The van der Waals surface area contributed by atoms with E-state index in [1.807, 2.05) is 36.4 Å². The molecule has 0 heterocycles. The molecular formula is C25H21NO4. The minimum Gasteiger partial charge on any atom is -0.497 e. The van der Waals surface area contributed by atoms with E-state index in [1.165, 1.54) is 7.11 Å². The van der Waals surface area contributed by atoms with Gasteiger partial charge in [-0.25, -0.2) is 4.79 Å². The minimum atomic E-state index is -0.428. The van der Waals surface area contributed by atoms with E-state index < -0.39 is 5.97 Å². The molecule has 0 unspecified atom stereocenters. The molecule has 5 nitrogen and oxygen atoms in total. The molecule has 30 heavy (non-hydrogen) atoms. The van der Waals surface area contributed by atoms with Crippen LogP contribution in [-0.2, 0) is 16.1 Å². The van der Waals surface area contributed by atoms with E-state index in [2.05, 4.69) is 11.8 Å². The quantitative estimate of drug-likeness (QED) is 0.479. The van der Waals surface area contributed by atoms with Gasteiger partial charge in [0.05, 0.1) is 26.3 Å². The van der Waals surface area contributed by atoms with Crippen molar-refractivity contribution in [2.45, 2.75) is 6.54 Å². The number of nitrogens with zero attached hydrogens (tertiary/aromatic N) is 1. The van der Waals surface area contributed by atoms with Crippen LogP contribution in [0, 0.1) is 11.8 Å². The number of rotatable bonds is 5. The predicted octanol–water partition coefficient (Wildman–Crippen LogP) is 4.07. The highest BCUT2D eigenvalue weighted by atomic mass is 16.5. The summed E-state index contributed by atoms with van der Waals surface area (Å²) in [6.45, 7) is 0.249. The summed E-state index contributed by atoms with van der Waals surface area (Å²) in [4.78, 5) is 26.4. The Bertz CT molecular complexity index is 1080. The van der Waals surface area contributed by atoms with Crippen molar-refractivity contribution < 1.29 is 19.1 Å². The standard InChI is InChI=1S/C25H21NO4/c1-29-23-14-12-22(13-15-23)26(24(27)16-11-19-7-4-3-5-8-19)18-20-9-6-10-21(17-20)25(28)30-2/h3-10,12-15,17H,18H2,1-2H3. The first kappa shape index (κ1) is 20.7. The Labute approximate surface area is 175 Å². The second-order valence-electron chi connectivity index (χ2n) is 6.40. The van der Waals surface area contributed by atoms with Crippen LogP contribution < -0.4 is 9.64 Å². The number of hydrogen-bond acceptors (Lipinski definition) is 4. The highest BCUT2D eigenvalue weighted by molar-refractivity contribution is 6.06. The Kier molecular flexibility index (Phi) is 6.86. The van der Waals surface area contributed by atoms with Crippen LogP contribution in [0.25, 0.3) is 0 Å². The van der Waals surface area contributed by atoms with E-state index in [0.717, 1.165) is 11.1 Å². The number of benzene rings is 3. The zero-order valence-electron chi connectivity index (χ0n) is 16.8. The molecule has 0 spiro atoms. The molecule has 150 valence electrons. The number of ether oxygens (including phenoxy) is 2. The molecule has 0 fully saturated rings. The smallest absolute Gasteiger partial charge is 0.337 e. The number of hydrogen-bond donors (Lipinski definition) is 0. The molecule has 0 aliphatic carbocycles. The number of carbonyl (C=O) groups is 2. The maximum Gasteiger partial charge on any atom is 0.337 e. The fourth-order valence-corrected chi connectivity index (χ4v) is 2.85. The summed E-state index contributed by atoms with van der Waals surface area (Å²) in [6.07, 6.45) is 0. The van der Waals surface area contributed by atoms with Crippen LogP contribution in [0.15, 0.2) is 78.9 Å². The lowest BCUT2D eigenvalue weighted by atomic mass is 10.1. The van der Waals surface area contributed by atoms with Gasteiger partial charge in [0.1, 0.15) is 5.75 Å². The third-order valence-electron chi connectivity index (χ3n) is 4.41. The molecule has 0 radical (unpaired) electrons. The molecule has 0 aromatic heterocycles. The predicted molar refractivity (Wildman–Crippen MR) is 115 cm³/mol. The van der Waals surface area contributed by atoms with Crippen LogP contribution in [-0.4, -0.2) is 26.1 Å². The van der Waals surface area contributed by atoms with Gasteiger partial charge in [0.25, 0.3) is 0 Å². The maximum absolute atomic E-state index is 13.0. The van der Waals surface area contributed by atoms with Crippen LogP contribution >= 0.6 is 0 Å². The Morgan fingerprint density at radius 1 is 0.900 bits per heavy atom. The van der Waals surface area contributed by atoms with Crippen molar-refractivity contribution in [3.8, 4) is 17.6 Å². The summed E-state index contributed by atoms with van der Waals surface area (Å²) in [5.41, 5.74) is 2.64. The van der Waals surface area contributed by atoms with Gasteiger partial charge < -0.3 is 9.47 Å². The first-order valence-corrected chi connectivity index (χ1v) is 9.30. The van der Waals surface area contributed by atoms with Crippen molar-refractivity contribution in [1.29, 1.82) is 0 Å². The Morgan fingerprint density at radius 3 is 2.30 bits per heavy atom. The van der Waals surface area contributed by atoms with Crippen LogP contribution in [0.1, 0.15) is 21.5 Å². The second-order valence-corrected chi connectivity index (χ2v) is 6.40. The van der Waals surface area contributed by atoms with Crippen LogP contribution in [0.3, 0.4) is 0 Å². The monoisotopic (exact) mass is 399 g/mol. The molecule has 0 N–H and O–H groups in total. The molecule has 3 aromatic carbocycles. The number of methoxy groups -OCH3 is 2. The van der Waals surface area contributed by atoms with Crippen molar-refractivity contribution in [3.05, 3.63) is 95.6 Å². The van der Waals surface area contributed by atoms with Crippen LogP contribution in [0.5, 0.6) is 5.75 Å². The van der Waals surface area contributed by atoms with E-state index in [9.17, 15) is 9.59 Å². The maximum atomic E-state index is 13.0. The van der Waals surface area contributed by atoms with Gasteiger partial charge in [-0.05, 0) is 54.1 Å². The Morgan fingerprint density at radius 2 is 1.63 bits per heavy atom. The number of esters is 1. The fraction of sp³-hybridized carbons (Fsp3) is 0.120. The molecule has 3 rings (SSSR count). The summed E-state index contributed by atoms with van der Waals surface area (Å²) < 4.78 is 9.99. The second kappa shape index (κ2) is 9.94. The zero-order chi connectivity index (χ0) is 21.3. The fourth-order valence-electron chi connectivity index (χ4n) is 2.85. The van der Waals surface area contributed by atoms with Gasteiger partial charge in [-0.15, -0.1) is 0 Å². The number of anilines is 1. The Hall–Kier alpha value is -4.04. The first-order valence-electron chi connectivity index (χ1n) is 9.30. The third-order valence-corrected chi connectivity index (χ3v) is 4.41. The summed E-state index contributed by atoms with van der Waals surface area (Å²) >= 11 is 0. The van der Waals surface area contributed by atoms with Gasteiger partial charge in [-0.3, -0.25) is 9.69 Å². The van der Waals surface area contributed by atoms with Crippen LogP contribution in [0.4, 0.5) is 5.69 Å². The molecule has 0 aliphatic rings. The molecule has 3 aromatic rings. The Balaban J connectivity index is 1.92. The lowest BCUT2D eigenvalue weighted by Gasteiger charge is -2.21. The number of carbonyl (C=O) groups excluding carboxylic acids is 2.